The van der Waals surface area contributed by atoms with Gasteiger partial charge in [-0.25, -0.2) is 0 Å². The Morgan fingerprint density at radius 2 is 1.92 bits per heavy atom. The average molecular weight is 355 g/mol. The van der Waals surface area contributed by atoms with Crippen LogP contribution in [0.2, 0.25) is 0 Å². The normalized spacial score (nSPS) is 21.2. The molecule has 0 spiro atoms. The molecule has 1 aromatic heterocycles. The number of rotatable bonds is 5. The number of aromatic nitrogens is 2. The van der Waals surface area contributed by atoms with Gasteiger partial charge in [-0.1, -0.05) is 51.1 Å². The number of likely N-dealkylation sites (tertiary alicyclic amines) is 1. The molecule has 1 saturated heterocycles. The Kier molecular flexibility index (Phi) is 4.93. The second-order valence-corrected chi connectivity index (χ2v) is 8.76. The molecular weight excluding hydrogens is 326 g/mol. The summed E-state index contributed by atoms with van der Waals surface area (Å²) in [6, 6.07) is 10.3. The Morgan fingerprint density at radius 1 is 1.23 bits per heavy atom. The highest BCUT2D eigenvalue weighted by atomic mass is 16.4. The summed E-state index contributed by atoms with van der Waals surface area (Å²) < 4.78 is 2.01. The fourth-order valence-corrected chi connectivity index (χ4v) is 3.67. The summed E-state index contributed by atoms with van der Waals surface area (Å²) in [7, 11) is 0. The molecule has 1 aliphatic rings. The maximum Gasteiger partial charge on any atom is 0.310 e. The van der Waals surface area contributed by atoms with Crippen LogP contribution in [0, 0.1) is 5.41 Å². The fraction of sp³-hybridized carbons (Fsp3) is 0.524. The number of carboxylic acids is 1. The molecule has 0 saturated carbocycles. The average Bonchev–Trinajstić information content (AvgIpc) is 3.13. The number of hydrogen-bond donors (Lipinski definition) is 1. The molecule has 1 N–H and O–H groups in total. The summed E-state index contributed by atoms with van der Waals surface area (Å²) in [6.07, 6.45) is 2.83. The van der Waals surface area contributed by atoms with E-state index in [-0.39, 0.29) is 5.41 Å². The minimum Gasteiger partial charge on any atom is -0.481 e. The van der Waals surface area contributed by atoms with Crippen LogP contribution in [0.4, 0.5) is 0 Å². The van der Waals surface area contributed by atoms with Crippen LogP contribution >= 0.6 is 0 Å². The van der Waals surface area contributed by atoms with Crippen molar-refractivity contribution in [2.75, 3.05) is 13.1 Å². The number of carbonyl (C=O) groups is 1. The minimum absolute atomic E-state index is 0.0485. The van der Waals surface area contributed by atoms with E-state index in [1.165, 1.54) is 11.1 Å². The number of aliphatic carboxylic acids is 1. The first-order valence-corrected chi connectivity index (χ1v) is 9.24. The SMILES string of the molecule is CC1(C(=O)O)CCN(Cc2cn(Cc3ccccc3)nc2C(C)(C)C)C1. The smallest absolute Gasteiger partial charge is 0.310 e. The molecule has 5 nitrogen and oxygen atoms in total. The topological polar surface area (TPSA) is 58.4 Å². The summed E-state index contributed by atoms with van der Waals surface area (Å²) in [4.78, 5) is 13.8. The molecule has 1 unspecified atom stereocenters. The van der Waals surface area contributed by atoms with Crippen molar-refractivity contribution in [2.45, 2.75) is 52.6 Å². The predicted octanol–water partition coefficient (Wildman–Crippen LogP) is 3.53. The van der Waals surface area contributed by atoms with Gasteiger partial charge in [-0.2, -0.15) is 5.10 Å². The van der Waals surface area contributed by atoms with Gasteiger partial charge in [0.05, 0.1) is 17.7 Å². The zero-order valence-corrected chi connectivity index (χ0v) is 16.2. The maximum atomic E-state index is 11.5. The quantitative estimate of drug-likeness (QED) is 0.891. The zero-order chi connectivity index (χ0) is 18.9. The van der Waals surface area contributed by atoms with E-state index in [1.54, 1.807) is 0 Å². The van der Waals surface area contributed by atoms with Crippen LogP contribution in [0.5, 0.6) is 0 Å². The Bertz CT molecular complexity index is 776. The van der Waals surface area contributed by atoms with Crippen LogP contribution in [0.1, 0.15) is 50.9 Å². The van der Waals surface area contributed by atoms with Gasteiger partial charge in [0.15, 0.2) is 0 Å². The Hall–Kier alpha value is -2.14. The van der Waals surface area contributed by atoms with Gasteiger partial charge in [-0.05, 0) is 25.5 Å². The molecule has 0 bridgehead atoms. The van der Waals surface area contributed by atoms with Crippen molar-refractivity contribution in [3.8, 4) is 0 Å². The summed E-state index contributed by atoms with van der Waals surface area (Å²) in [6.45, 7) is 11.3. The number of benzene rings is 1. The van der Waals surface area contributed by atoms with Gasteiger partial charge in [0.25, 0.3) is 0 Å². The Balaban J connectivity index is 1.81. The third-order valence-electron chi connectivity index (χ3n) is 5.20. The molecular formula is C21H29N3O2. The highest BCUT2D eigenvalue weighted by Crippen LogP contribution is 2.33. The molecule has 140 valence electrons. The summed E-state index contributed by atoms with van der Waals surface area (Å²) >= 11 is 0. The third kappa shape index (κ3) is 3.98. The highest BCUT2D eigenvalue weighted by Gasteiger charge is 2.40. The summed E-state index contributed by atoms with van der Waals surface area (Å²) in [5.41, 5.74) is 2.83. The van der Waals surface area contributed by atoms with Crippen LogP contribution in [0.15, 0.2) is 36.5 Å². The maximum absolute atomic E-state index is 11.5. The highest BCUT2D eigenvalue weighted by molar-refractivity contribution is 5.74. The molecule has 1 aromatic carbocycles. The second-order valence-electron chi connectivity index (χ2n) is 8.76. The molecule has 1 aliphatic heterocycles. The van der Waals surface area contributed by atoms with E-state index in [1.807, 2.05) is 29.8 Å². The number of carboxylic acid groups (broad SMARTS) is 1. The van der Waals surface area contributed by atoms with Crippen molar-refractivity contribution in [1.82, 2.24) is 14.7 Å². The molecule has 0 aliphatic carbocycles. The van der Waals surface area contributed by atoms with Gasteiger partial charge in [0, 0.05) is 30.3 Å². The number of nitrogens with zero attached hydrogens (tertiary/aromatic N) is 3. The Morgan fingerprint density at radius 3 is 2.50 bits per heavy atom. The van der Waals surface area contributed by atoms with Gasteiger partial charge in [-0.15, -0.1) is 0 Å². The van der Waals surface area contributed by atoms with Crippen LogP contribution in [0.25, 0.3) is 0 Å². The molecule has 5 heteroatoms. The van der Waals surface area contributed by atoms with Crippen molar-refractivity contribution in [1.29, 1.82) is 0 Å². The molecule has 26 heavy (non-hydrogen) atoms. The second kappa shape index (κ2) is 6.88. The van der Waals surface area contributed by atoms with E-state index in [2.05, 4.69) is 44.0 Å². The molecule has 0 radical (unpaired) electrons. The molecule has 3 rings (SSSR count). The number of hydrogen-bond acceptors (Lipinski definition) is 3. The van der Waals surface area contributed by atoms with Gasteiger partial charge >= 0.3 is 5.97 Å². The molecule has 1 fully saturated rings. The van der Waals surface area contributed by atoms with Crippen molar-refractivity contribution >= 4 is 5.97 Å². The van der Waals surface area contributed by atoms with Crippen molar-refractivity contribution in [2.24, 2.45) is 5.41 Å². The standard InChI is InChI=1S/C21H29N3O2/c1-20(2,3)18-17(13-23-11-10-21(4,15-23)19(25)26)14-24(22-18)12-16-8-6-5-7-9-16/h5-9,14H,10-13,15H2,1-4H3,(H,25,26). The van der Waals surface area contributed by atoms with Crippen LogP contribution in [-0.2, 0) is 23.3 Å². The monoisotopic (exact) mass is 355 g/mol. The fourth-order valence-electron chi connectivity index (χ4n) is 3.67. The van der Waals surface area contributed by atoms with E-state index in [0.29, 0.717) is 13.0 Å². The van der Waals surface area contributed by atoms with Gasteiger partial charge < -0.3 is 5.11 Å². The van der Waals surface area contributed by atoms with Crippen LogP contribution in [0.3, 0.4) is 0 Å². The van der Waals surface area contributed by atoms with Crippen LogP contribution in [-0.4, -0.2) is 38.8 Å². The lowest BCUT2D eigenvalue weighted by Gasteiger charge is -2.22. The third-order valence-corrected chi connectivity index (χ3v) is 5.20. The van der Waals surface area contributed by atoms with Crippen molar-refractivity contribution in [3.63, 3.8) is 0 Å². The van der Waals surface area contributed by atoms with E-state index < -0.39 is 11.4 Å². The predicted molar refractivity (Wildman–Crippen MR) is 102 cm³/mol. The van der Waals surface area contributed by atoms with Crippen molar-refractivity contribution < 1.29 is 9.90 Å². The largest absolute Gasteiger partial charge is 0.481 e. The van der Waals surface area contributed by atoms with Crippen LogP contribution < -0.4 is 0 Å². The molecule has 2 heterocycles. The van der Waals surface area contributed by atoms with E-state index >= 15 is 0 Å². The lowest BCUT2D eigenvalue weighted by Crippen LogP contribution is -2.31. The zero-order valence-electron chi connectivity index (χ0n) is 16.2. The van der Waals surface area contributed by atoms with E-state index in [4.69, 9.17) is 5.10 Å². The lowest BCUT2D eigenvalue weighted by molar-refractivity contribution is -0.147. The summed E-state index contributed by atoms with van der Waals surface area (Å²) in [5, 5.41) is 14.3. The lowest BCUT2D eigenvalue weighted by atomic mass is 9.89. The first-order chi connectivity index (χ1) is 12.2. The first-order valence-electron chi connectivity index (χ1n) is 9.24. The first kappa shape index (κ1) is 18.6. The van der Waals surface area contributed by atoms with Crippen molar-refractivity contribution in [3.05, 3.63) is 53.3 Å². The van der Waals surface area contributed by atoms with Gasteiger partial charge in [-0.3, -0.25) is 14.4 Å². The summed E-state index contributed by atoms with van der Waals surface area (Å²) in [5.74, 6) is -0.698. The van der Waals surface area contributed by atoms with E-state index in [9.17, 15) is 9.90 Å². The molecule has 0 amide bonds. The molecule has 1 atom stereocenters. The Labute approximate surface area is 155 Å². The molecule has 2 aromatic rings. The van der Waals surface area contributed by atoms with Gasteiger partial charge in [0.1, 0.15) is 0 Å². The minimum atomic E-state index is -0.698. The van der Waals surface area contributed by atoms with Gasteiger partial charge in [0.2, 0.25) is 0 Å². The van der Waals surface area contributed by atoms with E-state index in [0.717, 1.165) is 25.3 Å².